The highest BCUT2D eigenvalue weighted by Crippen LogP contribution is 2.47. The van der Waals surface area contributed by atoms with E-state index in [2.05, 4.69) is 10.6 Å². The molecule has 0 aliphatic rings. The lowest BCUT2D eigenvalue weighted by Crippen LogP contribution is -2.28. The summed E-state index contributed by atoms with van der Waals surface area (Å²) in [5.41, 5.74) is 7.46. The van der Waals surface area contributed by atoms with Crippen LogP contribution in [0.3, 0.4) is 0 Å². The van der Waals surface area contributed by atoms with Crippen molar-refractivity contribution in [3.05, 3.63) is 58.1 Å². The second-order valence-corrected chi connectivity index (χ2v) is 9.29. The molecule has 0 bridgehead atoms. The van der Waals surface area contributed by atoms with E-state index in [1.165, 1.54) is 0 Å². The first kappa shape index (κ1) is 24.5. The minimum atomic E-state index is -3.09. The Balaban J connectivity index is 2.03. The number of rotatable bonds is 12. The molecule has 1 amide bonds. The third kappa shape index (κ3) is 6.89. The lowest BCUT2D eigenvalue weighted by Gasteiger charge is -2.20. The lowest BCUT2D eigenvalue weighted by atomic mass is 10.1. The van der Waals surface area contributed by atoms with Gasteiger partial charge in [0.2, 0.25) is 5.91 Å². The zero-order valence-electron chi connectivity index (χ0n) is 16.9. The average molecular weight is 474 g/mol. The maximum atomic E-state index is 12.5. The monoisotopic (exact) mass is 473 g/mol. The van der Waals surface area contributed by atoms with Crippen LogP contribution in [0.15, 0.2) is 42.5 Å². The third-order valence-corrected chi connectivity index (χ3v) is 6.87. The number of halogens is 2. The number of nitrogens with two attached hydrogens (primary N) is 1. The quantitative estimate of drug-likeness (QED) is 0.361. The van der Waals surface area contributed by atoms with E-state index in [4.69, 9.17) is 38.0 Å². The summed E-state index contributed by atoms with van der Waals surface area (Å²) in [6.07, 6.45) is 0.253. The molecule has 164 valence electrons. The molecule has 4 N–H and O–H groups in total. The fourth-order valence-electron chi connectivity index (χ4n) is 2.82. The van der Waals surface area contributed by atoms with Gasteiger partial charge in [-0.15, -0.1) is 0 Å². The number of anilines is 2. The van der Waals surface area contributed by atoms with Gasteiger partial charge in [-0.05, 0) is 50.2 Å². The summed E-state index contributed by atoms with van der Waals surface area (Å²) in [7, 11) is -3.09. The van der Waals surface area contributed by atoms with E-state index < -0.39 is 19.5 Å². The first-order valence-corrected chi connectivity index (χ1v) is 12.0. The molecular weight excluding hydrogens is 448 g/mol. The molecule has 10 heteroatoms. The minimum Gasteiger partial charge on any atom is -0.384 e. The van der Waals surface area contributed by atoms with Crippen LogP contribution >= 0.6 is 30.8 Å². The summed E-state index contributed by atoms with van der Waals surface area (Å²) in [5, 5.41) is 6.94. The van der Waals surface area contributed by atoms with E-state index >= 15 is 0 Å². The molecule has 2 aromatic carbocycles. The summed E-state index contributed by atoms with van der Waals surface area (Å²) in [6, 6.07) is 11.3. The van der Waals surface area contributed by atoms with Crippen molar-refractivity contribution in [1.29, 1.82) is 0 Å². The summed E-state index contributed by atoms with van der Waals surface area (Å²) in [5.74, 6) is -0.602. The first-order valence-electron chi connectivity index (χ1n) is 9.51. The van der Waals surface area contributed by atoms with Crippen LogP contribution in [-0.4, -0.2) is 31.8 Å². The molecular formula is C20H26Cl2N3O4P. The molecule has 0 aliphatic carbocycles. The summed E-state index contributed by atoms with van der Waals surface area (Å²) >= 11 is 12.4. The Hall–Kier alpha value is -1.76. The maximum absolute atomic E-state index is 12.5. The number of carbonyl (C=O) groups is 1. The zero-order chi connectivity index (χ0) is 22.1. The van der Waals surface area contributed by atoms with Crippen molar-refractivity contribution in [2.45, 2.75) is 19.9 Å². The lowest BCUT2D eigenvalue weighted by molar-refractivity contribution is -0.118. The molecule has 0 fully saturated rings. The van der Waals surface area contributed by atoms with Crippen molar-refractivity contribution in [1.82, 2.24) is 0 Å². The molecule has 0 aromatic heterocycles. The third-order valence-electron chi connectivity index (χ3n) is 4.14. The minimum absolute atomic E-state index is 0.253. The number of benzene rings is 2. The fourth-order valence-corrected chi connectivity index (χ4v) is 4.94. The van der Waals surface area contributed by atoms with Crippen LogP contribution in [0.5, 0.6) is 0 Å². The molecule has 2 rings (SSSR count). The Labute approximate surface area is 186 Å². The second kappa shape index (κ2) is 11.6. The largest absolute Gasteiger partial charge is 0.384 e. The predicted octanol–water partition coefficient (Wildman–Crippen LogP) is 5.31. The van der Waals surface area contributed by atoms with Crippen molar-refractivity contribution in [2.24, 2.45) is 5.73 Å². The van der Waals surface area contributed by atoms with Crippen LogP contribution in [0.25, 0.3) is 0 Å². The molecule has 1 atom stereocenters. The predicted molar refractivity (Wildman–Crippen MR) is 123 cm³/mol. The van der Waals surface area contributed by atoms with Crippen molar-refractivity contribution in [3.8, 4) is 0 Å². The van der Waals surface area contributed by atoms with Crippen molar-refractivity contribution >= 4 is 48.1 Å². The molecule has 0 aliphatic heterocycles. The topological polar surface area (TPSA) is 103 Å². The van der Waals surface area contributed by atoms with Crippen LogP contribution in [0.2, 0.25) is 10.0 Å². The van der Waals surface area contributed by atoms with Gasteiger partial charge in [-0.25, -0.2) is 0 Å². The van der Waals surface area contributed by atoms with Crippen LogP contribution in [-0.2, 0) is 18.4 Å². The molecule has 0 radical (unpaired) electrons. The Kier molecular flexibility index (Phi) is 9.46. The Morgan fingerprint density at radius 2 is 1.57 bits per heavy atom. The van der Waals surface area contributed by atoms with Gasteiger partial charge in [0, 0.05) is 33.5 Å². The Morgan fingerprint density at radius 3 is 2.07 bits per heavy atom. The zero-order valence-corrected chi connectivity index (χ0v) is 19.3. The number of nitrogens with one attached hydrogen (secondary N) is 2. The van der Waals surface area contributed by atoms with E-state index in [1.807, 2.05) is 12.1 Å². The highest BCUT2D eigenvalue weighted by molar-refractivity contribution is 7.53. The van der Waals surface area contributed by atoms with Gasteiger partial charge in [0.15, 0.2) is 0 Å². The van der Waals surface area contributed by atoms with Crippen LogP contribution in [0.4, 0.5) is 11.4 Å². The van der Waals surface area contributed by atoms with Crippen LogP contribution in [0.1, 0.15) is 25.5 Å². The number of hydrogen-bond acceptors (Lipinski definition) is 6. The van der Waals surface area contributed by atoms with E-state index in [0.29, 0.717) is 41.1 Å². The van der Waals surface area contributed by atoms with Gasteiger partial charge >= 0.3 is 7.60 Å². The van der Waals surface area contributed by atoms with Gasteiger partial charge in [0.25, 0.3) is 0 Å². The van der Waals surface area contributed by atoms with E-state index in [1.54, 1.807) is 44.2 Å². The molecule has 1 unspecified atom stereocenters. The first-order chi connectivity index (χ1) is 14.3. The second-order valence-electron chi connectivity index (χ2n) is 6.29. The molecule has 0 spiro atoms. The summed E-state index contributed by atoms with van der Waals surface area (Å²) in [4.78, 5) is 12.0. The van der Waals surface area contributed by atoms with Gasteiger partial charge in [-0.1, -0.05) is 29.3 Å². The number of primary amides is 1. The molecule has 0 heterocycles. The molecule has 7 nitrogen and oxygen atoms in total. The van der Waals surface area contributed by atoms with E-state index in [0.717, 1.165) is 5.69 Å². The van der Waals surface area contributed by atoms with Gasteiger partial charge in [-0.3, -0.25) is 9.36 Å². The van der Waals surface area contributed by atoms with Gasteiger partial charge in [0.05, 0.1) is 19.4 Å². The standard InChI is InChI=1S/C20H26Cl2N3O4P/c1-3-28-30(27,29-4-2)13-12-24-14-8-10-15(11-9-14)25-19(20(23)26)18-16(21)6-5-7-17(18)22/h5-11,19,24-25H,3-4,12-13H2,1-2H3,(H2,23,26). The fraction of sp³-hybridized carbons (Fsp3) is 0.350. The Morgan fingerprint density at radius 1 is 1.03 bits per heavy atom. The van der Waals surface area contributed by atoms with Crippen molar-refractivity contribution < 1.29 is 18.4 Å². The SMILES string of the molecule is CCOP(=O)(CCNc1ccc(NC(C(N)=O)c2c(Cl)cccc2Cl)cc1)OCC. The summed E-state index contributed by atoms with van der Waals surface area (Å²) < 4.78 is 23.0. The maximum Gasteiger partial charge on any atom is 0.332 e. The van der Waals surface area contributed by atoms with Crippen molar-refractivity contribution in [2.75, 3.05) is 36.6 Å². The normalized spacial score (nSPS) is 12.4. The number of amides is 1. The highest BCUT2D eigenvalue weighted by atomic mass is 35.5. The summed E-state index contributed by atoms with van der Waals surface area (Å²) in [6.45, 7) is 4.63. The average Bonchev–Trinajstić information content (AvgIpc) is 2.68. The molecule has 30 heavy (non-hydrogen) atoms. The van der Waals surface area contributed by atoms with Crippen LogP contribution < -0.4 is 16.4 Å². The number of carbonyl (C=O) groups excluding carboxylic acids is 1. The van der Waals surface area contributed by atoms with Gasteiger partial charge in [0.1, 0.15) is 6.04 Å². The Bertz CT molecular complexity index is 866. The van der Waals surface area contributed by atoms with Gasteiger partial charge < -0.3 is 25.4 Å². The smallest absolute Gasteiger partial charge is 0.332 e. The van der Waals surface area contributed by atoms with E-state index in [9.17, 15) is 9.36 Å². The van der Waals surface area contributed by atoms with E-state index in [-0.39, 0.29) is 6.16 Å². The van der Waals surface area contributed by atoms with Gasteiger partial charge in [-0.2, -0.15) is 0 Å². The number of hydrogen-bond donors (Lipinski definition) is 3. The highest BCUT2D eigenvalue weighted by Gasteiger charge is 2.24. The molecule has 0 saturated carbocycles. The van der Waals surface area contributed by atoms with Crippen LogP contribution in [0, 0.1) is 0 Å². The van der Waals surface area contributed by atoms with Crippen molar-refractivity contribution in [3.63, 3.8) is 0 Å². The molecule has 2 aromatic rings. The molecule has 0 saturated heterocycles.